The molecule has 0 bridgehead atoms. The van der Waals surface area contributed by atoms with Crippen LogP contribution in [0.4, 0.5) is 0 Å². The van der Waals surface area contributed by atoms with Gasteiger partial charge in [-0.3, -0.25) is 4.79 Å². The van der Waals surface area contributed by atoms with E-state index in [1.165, 1.54) is 11.1 Å². The molecule has 1 aliphatic carbocycles. The van der Waals surface area contributed by atoms with Crippen LogP contribution >= 0.6 is 0 Å². The molecule has 0 spiro atoms. The van der Waals surface area contributed by atoms with Crippen LogP contribution in [0.2, 0.25) is 0 Å². The number of nitrogens with zero attached hydrogens (tertiary/aromatic N) is 1. The molecule has 0 amide bonds. The lowest BCUT2D eigenvalue weighted by Crippen LogP contribution is -2.29. The van der Waals surface area contributed by atoms with E-state index in [9.17, 15) is 14.7 Å². The van der Waals surface area contributed by atoms with Crippen molar-refractivity contribution in [2.24, 2.45) is 0 Å². The Balaban J connectivity index is 1.66. The van der Waals surface area contributed by atoms with Crippen LogP contribution in [0.1, 0.15) is 58.7 Å². The number of aromatic carboxylic acids is 1. The SMILES string of the molecule is Cc1cccc(C2(Cc3nc(C(=O)O)c(OCc4ccccc4)c(=O)[nH]3)CCCC2)c1. The van der Waals surface area contributed by atoms with Crippen molar-refractivity contribution in [2.45, 2.75) is 51.0 Å². The van der Waals surface area contributed by atoms with Gasteiger partial charge in [0.15, 0.2) is 5.69 Å². The fourth-order valence-electron chi connectivity index (χ4n) is 4.52. The quantitative estimate of drug-likeness (QED) is 0.593. The first-order chi connectivity index (χ1) is 15.0. The van der Waals surface area contributed by atoms with Gasteiger partial charge in [-0.15, -0.1) is 0 Å². The molecule has 0 radical (unpaired) electrons. The number of rotatable bonds is 7. The summed E-state index contributed by atoms with van der Waals surface area (Å²) < 4.78 is 5.58. The Morgan fingerprint density at radius 2 is 1.87 bits per heavy atom. The Morgan fingerprint density at radius 3 is 2.55 bits per heavy atom. The molecule has 1 aromatic heterocycles. The smallest absolute Gasteiger partial charge is 0.358 e. The van der Waals surface area contributed by atoms with Crippen LogP contribution in [0.25, 0.3) is 0 Å². The summed E-state index contributed by atoms with van der Waals surface area (Å²) in [5, 5.41) is 9.69. The summed E-state index contributed by atoms with van der Waals surface area (Å²) in [6.07, 6.45) is 4.65. The Labute approximate surface area is 180 Å². The van der Waals surface area contributed by atoms with Crippen molar-refractivity contribution >= 4 is 5.97 Å². The lowest BCUT2D eigenvalue weighted by Gasteiger charge is -2.29. The van der Waals surface area contributed by atoms with Gasteiger partial charge in [0, 0.05) is 11.8 Å². The molecule has 0 unspecified atom stereocenters. The van der Waals surface area contributed by atoms with Crippen molar-refractivity contribution in [1.82, 2.24) is 9.97 Å². The van der Waals surface area contributed by atoms with Crippen molar-refractivity contribution in [3.05, 3.63) is 93.2 Å². The minimum Gasteiger partial charge on any atom is -0.481 e. The van der Waals surface area contributed by atoms with Crippen molar-refractivity contribution in [3.63, 3.8) is 0 Å². The summed E-state index contributed by atoms with van der Waals surface area (Å²) in [5.41, 5.74) is 2.19. The van der Waals surface area contributed by atoms with E-state index >= 15 is 0 Å². The first-order valence-corrected chi connectivity index (χ1v) is 10.6. The molecule has 6 heteroatoms. The number of aromatic nitrogens is 2. The number of carboxylic acids is 1. The normalized spacial score (nSPS) is 15.0. The molecule has 0 saturated heterocycles. The van der Waals surface area contributed by atoms with Gasteiger partial charge in [-0.2, -0.15) is 0 Å². The average molecular weight is 418 g/mol. The average Bonchev–Trinajstić information content (AvgIpc) is 3.23. The summed E-state index contributed by atoms with van der Waals surface area (Å²) in [6, 6.07) is 17.7. The molecule has 2 N–H and O–H groups in total. The Morgan fingerprint density at radius 1 is 1.13 bits per heavy atom. The number of aromatic amines is 1. The van der Waals surface area contributed by atoms with Crippen LogP contribution in [-0.4, -0.2) is 21.0 Å². The Kier molecular flexibility index (Phi) is 5.89. The third-order valence-electron chi connectivity index (χ3n) is 6.05. The summed E-state index contributed by atoms with van der Waals surface area (Å²) in [5.74, 6) is -1.14. The van der Waals surface area contributed by atoms with Gasteiger partial charge in [0.2, 0.25) is 5.75 Å². The standard InChI is InChI=1S/C25H26N2O4/c1-17-8-7-11-19(14-17)25(12-5-6-13-25)15-20-26-21(24(29)30)22(23(28)27-20)31-16-18-9-3-2-4-10-18/h2-4,7-11,14H,5-6,12-13,15-16H2,1H3,(H,29,30)(H,26,27,28). The van der Waals surface area contributed by atoms with Gasteiger partial charge in [-0.1, -0.05) is 73.0 Å². The van der Waals surface area contributed by atoms with Crippen molar-refractivity contribution in [1.29, 1.82) is 0 Å². The van der Waals surface area contributed by atoms with Gasteiger partial charge in [0.05, 0.1) is 0 Å². The molecular weight excluding hydrogens is 392 g/mol. The molecule has 1 saturated carbocycles. The number of aryl methyl sites for hydroxylation is 1. The van der Waals surface area contributed by atoms with Crippen LogP contribution in [0.5, 0.6) is 5.75 Å². The second-order valence-corrected chi connectivity index (χ2v) is 8.30. The van der Waals surface area contributed by atoms with E-state index < -0.39 is 11.5 Å². The van der Waals surface area contributed by atoms with Crippen molar-refractivity contribution in [3.8, 4) is 5.75 Å². The van der Waals surface area contributed by atoms with E-state index in [-0.39, 0.29) is 23.5 Å². The maximum absolute atomic E-state index is 12.8. The molecular formula is C25H26N2O4. The zero-order valence-electron chi connectivity index (χ0n) is 17.6. The predicted molar refractivity (Wildman–Crippen MR) is 118 cm³/mol. The van der Waals surface area contributed by atoms with Gasteiger partial charge >= 0.3 is 5.97 Å². The van der Waals surface area contributed by atoms with Gasteiger partial charge in [-0.25, -0.2) is 9.78 Å². The molecule has 3 aromatic rings. The van der Waals surface area contributed by atoms with Crippen molar-refractivity contribution in [2.75, 3.05) is 0 Å². The number of hydrogen-bond acceptors (Lipinski definition) is 4. The Hall–Kier alpha value is -3.41. The second-order valence-electron chi connectivity index (χ2n) is 8.30. The summed E-state index contributed by atoms with van der Waals surface area (Å²) in [7, 11) is 0. The number of benzene rings is 2. The molecule has 2 aromatic carbocycles. The lowest BCUT2D eigenvalue weighted by atomic mass is 9.75. The number of hydrogen-bond donors (Lipinski definition) is 2. The number of carbonyl (C=O) groups is 1. The van der Waals surface area contributed by atoms with Crippen LogP contribution in [-0.2, 0) is 18.4 Å². The van der Waals surface area contributed by atoms with E-state index in [2.05, 4.69) is 35.1 Å². The van der Waals surface area contributed by atoms with Gasteiger partial charge in [0.25, 0.3) is 5.56 Å². The molecule has 1 heterocycles. The van der Waals surface area contributed by atoms with Crippen LogP contribution < -0.4 is 10.3 Å². The summed E-state index contributed by atoms with van der Waals surface area (Å²) >= 11 is 0. The zero-order chi connectivity index (χ0) is 21.8. The molecule has 4 rings (SSSR count). The van der Waals surface area contributed by atoms with Crippen LogP contribution in [0.15, 0.2) is 59.4 Å². The van der Waals surface area contributed by atoms with Crippen LogP contribution in [0.3, 0.4) is 0 Å². The maximum atomic E-state index is 12.8. The van der Waals surface area contributed by atoms with E-state index in [1.807, 2.05) is 36.4 Å². The third kappa shape index (κ3) is 4.53. The van der Waals surface area contributed by atoms with E-state index in [4.69, 9.17) is 4.74 Å². The van der Waals surface area contributed by atoms with E-state index in [0.717, 1.165) is 31.2 Å². The minimum absolute atomic E-state index is 0.0957. The lowest BCUT2D eigenvalue weighted by molar-refractivity contribution is 0.0683. The Bertz CT molecular complexity index is 1130. The number of H-pyrrole nitrogens is 1. The topological polar surface area (TPSA) is 92.3 Å². The van der Waals surface area contributed by atoms with E-state index in [0.29, 0.717) is 12.2 Å². The number of nitrogens with one attached hydrogen (secondary N) is 1. The first-order valence-electron chi connectivity index (χ1n) is 10.6. The van der Waals surface area contributed by atoms with Gasteiger partial charge in [0.1, 0.15) is 12.4 Å². The molecule has 1 aliphatic rings. The fraction of sp³-hybridized carbons (Fsp3) is 0.320. The summed E-state index contributed by atoms with van der Waals surface area (Å²) in [4.78, 5) is 31.8. The number of ether oxygens (including phenoxy) is 1. The maximum Gasteiger partial charge on any atom is 0.358 e. The molecule has 6 nitrogen and oxygen atoms in total. The molecule has 0 atom stereocenters. The highest BCUT2D eigenvalue weighted by Gasteiger charge is 2.37. The third-order valence-corrected chi connectivity index (χ3v) is 6.05. The minimum atomic E-state index is -1.27. The second kappa shape index (κ2) is 8.76. The highest BCUT2D eigenvalue weighted by atomic mass is 16.5. The van der Waals surface area contributed by atoms with Gasteiger partial charge < -0.3 is 14.8 Å². The largest absolute Gasteiger partial charge is 0.481 e. The highest BCUT2D eigenvalue weighted by molar-refractivity contribution is 5.88. The first kappa shape index (κ1) is 20.8. The fourth-order valence-corrected chi connectivity index (χ4v) is 4.52. The molecule has 31 heavy (non-hydrogen) atoms. The molecule has 0 aliphatic heterocycles. The van der Waals surface area contributed by atoms with Gasteiger partial charge in [-0.05, 0) is 30.9 Å². The zero-order valence-corrected chi connectivity index (χ0v) is 17.6. The van der Waals surface area contributed by atoms with Crippen molar-refractivity contribution < 1.29 is 14.6 Å². The monoisotopic (exact) mass is 418 g/mol. The highest BCUT2D eigenvalue weighted by Crippen LogP contribution is 2.43. The number of carboxylic acid groups (broad SMARTS) is 1. The van der Waals surface area contributed by atoms with E-state index in [1.54, 1.807) is 0 Å². The predicted octanol–water partition coefficient (Wildman–Crippen LogP) is 4.41. The summed E-state index contributed by atoms with van der Waals surface area (Å²) in [6.45, 7) is 2.16. The van der Waals surface area contributed by atoms with Crippen LogP contribution in [0, 0.1) is 6.92 Å². The molecule has 160 valence electrons. The molecule has 1 fully saturated rings.